The molecule has 0 aliphatic rings. The molecule has 0 bridgehead atoms. The molecule has 0 aliphatic heterocycles. The lowest BCUT2D eigenvalue weighted by Gasteiger charge is -2.20. The quantitative estimate of drug-likeness (QED) is 0.829. The second-order valence-corrected chi connectivity index (χ2v) is 6.34. The number of amides is 3. The van der Waals surface area contributed by atoms with Crippen LogP contribution in [0.25, 0.3) is 0 Å². The summed E-state index contributed by atoms with van der Waals surface area (Å²) in [6.45, 7) is 3.28. The van der Waals surface area contributed by atoms with E-state index < -0.39 is 16.1 Å². The highest BCUT2D eigenvalue weighted by atomic mass is 32.2. The van der Waals surface area contributed by atoms with E-state index in [1.165, 1.54) is 31.2 Å². The van der Waals surface area contributed by atoms with Gasteiger partial charge in [0.1, 0.15) is 0 Å². The number of primary amides is 1. The van der Waals surface area contributed by atoms with E-state index in [0.29, 0.717) is 16.4 Å². The molecule has 0 spiro atoms. The van der Waals surface area contributed by atoms with Crippen LogP contribution < -0.4 is 11.1 Å². The van der Waals surface area contributed by atoms with Crippen molar-refractivity contribution in [2.75, 3.05) is 11.9 Å². The molecule has 1 aromatic carbocycles. The molecule has 21 heavy (non-hydrogen) atoms. The van der Waals surface area contributed by atoms with Crippen LogP contribution in [0, 0.1) is 0 Å². The van der Waals surface area contributed by atoms with Crippen molar-refractivity contribution in [3.8, 4) is 0 Å². The number of nitrogens with zero attached hydrogens (tertiary/aromatic N) is 1. The second kappa shape index (κ2) is 7.07. The molecule has 0 radical (unpaired) electrons. The van der Waals surface area contributed by atoms with Crippen molar-refractivity contribution in [1.29, 1.82) is 0 Å². The summed E-state index contributed by atoms with van der Waals surface area (Å²) in [5, 5.41) is 2.53. The van der Waals surface area contributed by atoms with Gasteiger partial charge < -0.3 is 11.1 Å². The number of nitrogens with two attached hydrogens (primary N) is 1. The summed E-state index contributed by atoms with van der Waals surface area (Å²) in [7, 11) is -3.97. The number of anilines is 1. The molecular formula is C13H19N3O4S. The van der Waals surface area contributed by atoms with Crippen LogP contribution in [0.15, 0.2) is 29.2 Å². The maximum Gasteiger partial charge on any atom is 0.328 e. The molecule has 7 nitrogen and oxygen atoms in total. The van der Waals surface area contributed by atoms with Crippen LogP contribution in [0.5, 0.6) is 0 Å². The van der Waals surface area contributed by atoms with Crippen molar-refractivity contribution in [1.82, 2.24) is 4.31 Å². The maximum absolute atomic E-state index is 12.4. The maximum atomic E-state index is 12.4. The molecule has 0 unspecified atom stereocenters. The Morgan fingerprint density at radius 1 is 1.24 bits per heavy atom. The molecule has 116 valence electrons. The number of hydrogen-bond acceptors (Lipinski definition) is 4. The van der Waals surface area contributed by atoms with Crippen molar-refractivity contribution >= 4 is 27.6 Å². The van der Waals surface area contributed by atoms with Crippen molar-refractivity contribution in [2.45, 2.75) is 31.6 Å². The average Bonchev–Trinajstić information content (AvgIpc) is 2.38. The third-order valence-electron chi connectivity index (χ3n) is 2.72. The summed E-state index contributed by atoms with van der Waals surface area (Å²) in [5.74, 6) is -0.257. The van der Waals surface area contributed by atoms with Gasteiger partial charge in [0.05, 0.1) is 4.90 Å². The fourth-order valence-corrected chi connectivity index (χ4v) is 3.03. The monoisotopic (exact) mass is 313 g/mol. The molecule has 0 saturated carbocycles. The molecule has 0 aliphatic carbocycles. The first-order valence-electron chi connectivity index (χ1n) is 6.49. The minimum absolute atomic E-state index is 0.0433. The van der Waals surface area contributed by atoms with Gasteiger partial charge in [-0.05, 0) is 30.7 Å². The highest BCUT2D eigenvalue weighted by Gasteiger charge is 2.26. The van der Waals surface area contributed by atoms with Gasteiger partial charge in [0.15, 0.2) is 0 Å². The lowest BCUT2D eigenvalue weighted by atomic mass is 10.3. The molecule has 1 rings (SSSR count). The Bertz CT molecular complexity index is 611. The van der Waals surface area contributed by atoms with Gasteiger partial charge in [0.25, 0.3) is 10.0 Å². The van der Waals surface area contributed by atoms with Gasteiger partial charge in [-0.3, -0.25) is 4.79 Å². The van der Waals surface area contributed by atoms with E-state index in [9.17, 15) is 18.0 Å². The smallest absolute Gasteiger partial charge is 0.328 e. The molecule has 1 aromatic rings. The number of carbonyl (C=O) groups is 2. The van der Waals surface area contributed by atoms with Gasteiger partial charge >= 0.3 is 6.03 Å². The van der Waals surface area contributed by atoms with Crippen LogP contribution in [-0.2, 0) is 14.8 Å². The summed E-state index contributed by atoms with van der Waals surface area (Å²) in [6.07, 6.45) is 1.27. The Kier molecular flexibility index (Phi) is 5.71. The number of benzene rings is 1. The van der Waals surface area contributed by atoms with Crippen LogP contribution in [0.4, 0.5) is 10.5 Å². The summed E-state index contributed by atoms with van der Waals surface area (Å²) in [4.78, 5) is 22.2. The highest BCUT2D eigenvalue weighted by molar-refractivity contribution is 7.89. The second-order valence-electron chi connectivity index (χ2n) is 4.47. The van der Waals surface area contributed by atoms with Crippen molar-refractivity contribution in [2.24, 2.45) is 5.73 Å². The third-order valence-corrected chi connectivity index (χ3v) is 4.53. The van der Waals surface area contributed by atoms with Crippen molar-refractivity contribution in [3.63, 3.8) is 0 Å². The van der Waals surface area contributed by atoms with Crippen LogP contribution in [-0.4, -0.2) is 31.2 Å². The molecule has 8 heteroatoms. The lowest BCUT2D eigenvalue weighted by Crippen LogP contribution is -2.41. The van der Waals surface area contributed by atoms with Crippen LogP contribution >= 0.6 is 0 Å². The minimum atomic E-state index is -3.97. The first kappa shape index (κ1) is 17.0. The first-order valence-corrected chi connectivity index (χ1v) is 7.93. The van der Waals surface area contributed by atoms with E-state index in [1.54, 1.807) is 0 Å². The Morgan fingerprint density at radius 3 is 2.24 bits per heavy atom. The van der Waals surface area contributed by atoms with Crippen molar-refractivity contribution in [3.05, 3.63) is 24.3 Å². The lowest BCUT2D eigenvalue weighted by molar-refractivity contribution is -0.114. The van der Waals surface area contributed by atoms with E-state index in [4.69, 9.17) is 5.73 Å². The Labute approximate surface area is 124 Å². The third kappa shape index (κ3) is 4.45. The minimum Gasteiger partial charge on any atom is -0.351 e. The molecular weight excluding hydrogens is 294 g/mol. The molecule has 3 N–H and O–H groups in total. The number of rotatable bonds is 6. The standard InChI is InChI=1S/C13H19N3O4S/c1-3-4-9-16(13(14)18)21(19,20)12-7-5-11(6-8-12)15-10(2)17/h5-8H,3-4,9H2,1-2H3,(H2,14,18)(H,15,17). The van der Waals surface area contributed by atoms with Gasteiger partial charge in [-0.15, -0.1) is 0 Å². The molecule has 0 aromatic heterocycles. The molecule has 0 fully saturated rings. The van der Waals surface area contributed by atoms with E-state index >= 15 is 0 Å². The van der Waals surface area contributed by atoms with Crippen molar-refractivity contribution < 1.29 is 18.0 Å². The SMILES string of the molecule is CCCCN(C(N)=O)S(=O)(=O)c1ccc(NC(C)=O)cc1. The number of urea groups is 1. The van der Waals surface area contributed by atoms with Crippen LogP contribution in [0.3, 0.4) is 0 Å². The number of hydrogen-bond donors (Lipinski definition) is 2. The van der Waals surface area contributed by atoms with E-state index in [-0.39, 0.29) is 17.3 Å². The van der Waals surface area contributed by atoms with Crippen LogP contribution in [0.1, 0.15) is 26.7 Å². The number of nitrogens with one attached hydrogen (secondary N) is 1. The van der Waals surface area contributed by atoms with E-state index in [2.05, 4.69) is 5.32 Å². The molecule has 3 amide bonds. The number of unbranched alkanes of at least 4 members (excludes halogenated alkanes) is 1. The number of carbonyl (C=O) groups excluding carboxylic acids is 2. The molecule has 0 atom stereocenters. The van der Waals surface area contributed by atoms with Gasteiger partial charge in [-0.2, -0.15) is 0 Å². The van der Waals surface area contributed by atoms with E-state index in [0.717, 1.165) is 6.42 Å². The highest BCUT2D eigenvalue weighted by Crippen LogP contribution is 2.19. The Balaban J connectivity index is 3.04. The fourth-order valence-electron chi connectivity index (χ4n) is 1.69. The predicted octanol–water partition coefficient (Wildman–Crippen LogP) is 1.51. The zero-order valence-corrected chi connectivity index (χ0v) is 12.8. The van der Waals surface area contributed by atoms with Gasteiger partial charge in [0.2, 0.25) is 5.91 Å². The van der Waals surface area contributed by atoms with Crippen LogP contribution in [0.2, 0.25) is 0 Å². The van der Waals surface area contributed by atoms with E-state index in [1.807, 2.05) is 6.92 Å². The molecule has 0 saturated heterocycles. The molecule has 0 heterocycles. The largest absolute Gasteiger partial charge is 0.351 e. The summed E-state index contributed by atoms with van der Waals surface area (Å²) in [5.41, 5.74) is 5.62. The summed E-state index contributed by atoms with van der Waals surface area (Å²) < 4.78 is 25.4. The Morgan fingerprint density at radius 2 is 1.81 bits per heavy atom. The fraction of sp³-hybridized carbons (Fsp3) is 0.385. The normalized spacial score (nSPS) is 11.0. The summed E-state index contributed by atoms with van der Waals surface area (Å²) >= 11 is 0. The van der Waals surface area contributed by atoms with Gasteiger partial charge in [0, 0.05) is 19.2 Å². The zero-order chi connectivity index (χ0) is 16.0. The van der Waals surface area contributed by atoms with Gasteiger partial charge in [-0.1, -0.05) is 13.3 Å². The Hall–Kier alpha value is -2.09. The topological polar surface area (TPSA) is 110 Å². The zero-order valence-electron chi connectivity index (χ0n) is 12.0. The number of sulfonamides is 1. The summed E-state index contributed by atoms with van der Waals surface area (Å²) in [6, 6.07) is 4.54. The van der Waals surface area contributed by atoms with Gasteiger partial charge in [-0.25, -0.2) is 17.5 Å². The predicted molar refractivity (Wildman–Crippen MR) is 79.1 cm³/mol. The average molecular weight is 313 g/mol. The first-order chi connectivity index (χ1) is 9.78.